The molecule has 0 spiro atoms. The van der Waals surface area contributed by atoms with E-state index in [9.17, 15) is 5.11 Å². The Kier molecular flexibility index (Phi) is 5.69. The van der Waals surface area contributed by atoms with Crippen LogP contribution >= 0.6 is 23.1 Å². The highest BCUT2D eigenvalue weighted by Crippen LogP contribution is 2.30. The topological polar surface area (TPSA) is 60.2 Å². The maximum atomic E-state index is 10.4. The van der Waals surface area contributed by atoms with Crippen molar-refractivity contribution in [1.82, 2.24) is 14.8 Å². The Bertz CT molecular complexity index is 815. The minimum absolute atomic E-state index is 0.211. The maximum Gasteiger partial charge on any atom is 0.191 e. The molecule has 0 unspecified atom stereocenters. The molecule has 3 heterocycles. The number of aliphatic hydroxyl groups excluding tert-OH is 1. The predicted octanol–water partition coefficient (Wildman–Crippen LogP) is 4.01. The molecule has 0 radical (unpaired) electrons. The summed E-state index contributed by atoms with van der Waals surface area (Å²) in [5.74, 6) is 1.42. The average Bonchev–Trinajstić information content (AvgIpc) is 3.43. The second-order valence-corrected chi connectivity index (χ2v) is 8.20. The van der Waals surface area contributed by atoms with Gasteiger partial charge in [0.1, 0.15) is 0 Å². The average molecular weight is 388 g/mol. The number of rotatable bonds is 7. The lowest BCUT2D eigenvalue weighted by Crippen LogP contribution is -2.16. The van der Waals surface area contributed by atoms with Crippen LogP contribution in [-0.4, -0.2) is 38.3 Å². The van der Waals surface area contributed by atoms with Gasteiger partial charge in [-0.3, -0.25) is 4.57 Å². The molecule has 1 aliphatic heterocycles. The van der Waals surface area contributed by atoms with Crippen molar-refractivity contribution >= 4 is 23.1 Å². The molecule has 1 aromatic carbocycles. The monoisotopic (exact) mass is 387 g/mol. The molecule has 0 amide bonds. The minimum atomic E-state index is -0.528. The Morgan fingerprint density at radius 3 is 2.85 bits per heavy atom. The molecule has 0 bridgehead atoms. The zero-order valence-electron chi connectivity index (χ0n) is 14.3. The van der Waals surface area contributed by atoms with Gasteiger partial charge in [0.05, 0.1) is 23.6 Å². The van der Waals surface area contributed by atoms with Crippen LogP contribution in [0.4, 0.5) is 0 Å². The van der Waals surface area contributed by atoms with E-state index in [1.807, 2.05) is 41.8 Å². The van der Waals surface area contributed by atoms with Gasteiger partial charge in [0, 0.05) is 12.4 Å². The molecule has 5 nitrogen and oxygen atoms in total. The van der Waals surface area contributed by atoms with E-state index in [2.05, 4.69) is 20.8 Å². The van der Waals surface area contributed by atoms with Gasteiger partial charge in [-0.1, -0.05) is 48.2 Å². The zero-order chi connectivity index (χ0) is 17.8. The number of hydrogen-bond acceptors (Lipinski definition) is 6. The number of ether oxygens (including phenoxy) is 1. The van der Waals surface area contributed by atoms with E-state index in [1.165, 1.54) is 11.8 Å². The first-order chi connectivity index (χ1) is 12.8. The van der Waals surface area contributed by atoms with Crippen molar-refractivity contribution in [2.45, 2.75) is 36.8 Å². The molecule has 1 saturated heterocycles. The molecule has 0 saturated carbocycles. The van der Waals surface area contributed by atoms with Crippen LogP contribution in [0.5, 0.6) is 0 Å². The summed E-state index contributed by atoms with van der Waals surface area (Å²) in [6.45, 7) is 1.58. The number of aliphatic hydroxyl groups is 1. The molecule has 26 heavy (non-hydrogen) atoms. The summed E-state index contributed by atoms with van der Waals surface area (Å²) < 4.78 is 7.96. The van der Waals surface area contributed by atoms with E-state index in [0.717, 1.165) is 47.4 Å². The van der Waals surface area contributed by atoms with Crippen molar-refractivity contribution in [2.75, 3.05) is 12.4 Å². The lowest BCUT2D eigenvalue weighted by molar-refractivity contribution is 0.0953. The Balaban J connectivity index is 1.53. The number of thioether (sulfide) groups is 1. The van der Waals surface area contributed by atoms with Crippen molar-refractivity contribution in [3.05, 3.63) is 53.4 Å². The highest BCUT2D eigenvalue weighted by Gasteiger charge is 2.22. The van der Waals surface area contributed by atoms with Crippen molar-refractivity contribution < 1.29 is 9.84 Å². The first-order valence-corrected chi connectivity index (χ1v) is 10.6. The van der Waals surface area contributed by atoms with Gasteiger partial charge in [0.25, 0.3) is 0 Å². The van der Waals surface area contributed by atoms with Gasteiger partial charge in [0.15, 0.2) is 11.0 Å². The third-order valence-corrected chi connectivity index (χ3v) is 6.33. The normalized spacial score (nSPS) is 18.3. The van der Waals surface area contributed by atoms with Gasteiger partial charge in [-0.25, -0.2) is 0 Å². The van der Waals surface area contributed by atoms with E-state index in [0.29, 0.717) is 5.75 Å². The Morgan fingerprint density at radius 1 is 1.23 bits per heavy atom. The molecular weight excluding hydrogens is 366 g/mol. The fourth-order valence-electron chi connectivity index (χ4n) is 3.06. The Labute approximate surface area is 161 Å². The van der Waals surface area contributed by atoms with Crippen LogP contribution < -0.4 is 0 Å². The van der Waals surface area contributed by atoms with Crippen LogP contribution in [0, 0.1) is 0 Å². The molecule has 2 aromatic heterocycles. The minimum Gasteiger partial charge on any atom is -0.388 e. The summed E-state index contributed by atoms with van der Waals surface area (Å²) in [4.78, 5) is 1.10. The highest BCUT2D eigenvalue weighted by atomic mass is 32.2. The SMILES string of the molecule is O[C@H](CSc1nnc(-c2cccs2)n1C[C@@H]1CCCO1)c1ccccc1. The Hall–Kier alpha value is -1.67. The smallest absolute Gasteiger partial charge is 0.191 e. The van der Waals surface area contributed by atoms with Crippen LogP contribution in [0.25, 0.3) is 10.7 Å². The van der Waals surface area contributed by atoms with Crippen molar-refractivity contribution in [2.24, 2.45) is 0 Å². The second kappa shape index (κ2) is 8.35. The standard InChI is InChI=1S/C19H21N3O2S2/c23-16(14-6-2-1-3-7-14)13-26-19-21-20-18(17-9-5-11-25-17)22(19)12-15-8-4-10-24-15/h1-3,5-7,9,11,15-16,23H,4,8,10,12-13H2/t15-,16+/m0/s1. The van der Waals surface area contributed by atoms with E-state index in [-0.39, 0.29) is 6.10 Å². The molecule has 7 heteroatoms. The lowest BCUT2D eigenvalue weighted by Gasteiger charge is -2.15. The van der Waals surface area contributed by atoms with Crippen LogP contribution in [0.1, 0.15) is 24.5 Å². The van der Waals surface area contributed by atoms with E-state index >= 15 is 0 Å². The molecule has 136 valence electrons. The fraction of sp³-hybridized carbons (Fsp3) is 0.368. The van der Waals surface area contributed by atoms with Gasteiger partial charge in [0.2, 0.25) is 0 Å². The molecule has 2 atom stereocenters. The molecule has 3 aromatic rings. The van der Waals surface area contributed by atoms with Gasteiger partial charge in [-0.15, -0.1) is 21.5 Å². The second-order valence-electron chi connectivity index (χ2n) is 6.27. The number of thiophene rings is 1. The zero-order valence-corrected chi connectivity index (χ0v) is 16.0. The van der Waals surface area contributed by atoms with Crippen molar-refractivity contribution in [3.63, 3.8) is 0 Å². The molecule has 4 rings (SSSR count). The summed E-state index contributed by atoms with van der Waals surface area (Å²) in [6, 6.07) is 13.8. The van der Waals surface area contributed by atoms with Crippen molar-refractivity contribution in [1.29, 1.82) is 0 Å². The Morgan fingerprint density at radius 2 is 2.12 bits per heavy atom. The van der Waals surface area contributed by atoms with E-state index in [4.69, 9.17) is 4.74 Å². The molecule has 1 fully saturated rings. The number of hydrogen-bond donors (Lipinski definition) is 1. The first kappa shape index (κ1) is 17.7. The van der Waals surface area contributed by atoms with E-state index < -0.39 is 6.10 Å². The molecule has 1 aliphatic rings. The van der Waals surface area contributed by atoms with Gasteiger partial charge in [-0.2, -0.15) is 0 Å². The third kappa shape index (κ3) is 4.01. The summed E-state index contributed by atoms with van der Waals surface area (Å²) >= 11 is 3.20. The van der Waals surface area contributed by atoms with Crippen molar-refractivity contribution in [3.8, 4) is 10.7 Å². The van der Waals surface area contributed by atoms with Gasteiger partial charge in [-0.05, 0) is 29.9 Å². The largest absolute Gasteiger partial charge is 0.388 e. The lowest BCUT2D eigenvalue weighted by atomic mass is 10.1. The number of nitrogens with zero attached hydrogens (tertiary/aromatic N) is 3. The van der Waals surface area contributed by atoms with Crippen LogP contribution in [0.2, 0.25) is 0 Å². The number of benzene rings is 1. The summed E-state index contributed by atoms with van der Waals surface area (Å²) in [5, 5.41) is 22.1. The highest BCUT2D eigenvalue weighted by molar-refractivity contribution is 7.99. The molecule has 1 N–H and O–H groups in total. The summed E-state index contributed by atoms with van der Waals surface area (Å²) in [7, 11) is 0. The van der Waals surface area contributed by atoms with Gasteiger partial charge < -0.3 is 9.84 Å². The van der Waals surface area contributed by atoms with Crippen LogP contribution in [-0.2, 0) is 11.3 Å². The fourth-order valence-corrected chi connectivity index (χ4v) is 4.70. The van der Waals surface area contributed by atoms with Crippen LogP contribution in [0.15, 0.2) is 53.0 Å². The molecule has 0 aliphatic carbocycles. The number of aromatic nitrogens is 3. The quantitative estimate of drug-likeness (QED) is 0.621. The maximum absolute atomic E-state index is 10.4. The van der Waals surface area contributed by atoms with E-state index in [1.54, 1.807) is 11.3 Å². The summed E-state index contributed by atoms with van der Waals surface area (Å²) in [6.07, 6.45) is 1.86. The first-order valence-electron chi connectivity index (χ1n) is 8.76. The third-order valence-electron chi connectivity index (χ3n) is 4.42. The predicted molar refractivity (Wildman–Crippen MR) is 104 cm³/mol. The van der Waals surface area contributed by atoms with Gasteiger partial charge >= 0.3 is 0 Å². The molecular formula is C19H21N3O2S2. The summed E-state index contributed by atoms with van der Waals surface area (Å²) in [5.41, 5.74) is 0.920. The van der Waals surface area contributed by atoms with Crippen LogP contribution in [0.3, 0.4) is 0 Å².